The van der Waals surface area contributed by atoms with E-state index in [2.05, 4.69) is 19.2 Å². The van der Waals surface area contributed by atoms with E-state index in [0.29, 0.717) is 5.41 Å². The first-order valence-corrected chi connectivity index (χ1v) is 3.86. The molecule has 1 heteroatoms. The minimum Gasteiger partial charge on any atom is -0.319 e. The Bertz CT molecular complexity index is 92.7. The molecule has 0 saturated heterocycles. The van der Waals surface area contributed by atoms with Gasteiger partial charge < -0.3 is 5.32 Å². The zero-order valence-corrected chi connectivity index (χ0v) is 6.70. The molecule has 0 aliphatic heterocycles. The van der Waals surface area contributed by atoms with Gasteiger partial charge in [0, 0.05) is 6.54 Å². The molecule has 0 amide bonds. The van der Waals surface area contributed by atoms with Gasteiger partial charge >= 0.3 is 0 Å². The Labute approximate surface area is 57.8 Å². The standard InChI is InChI=1S/C8H17N/c1-7(2)8(4-5-8)6-9-3/h7,9H,4-6H2,1-3H3. The van der Waals surface area contributed by atoms with Gasteiger partial charge in [-0.15, -0.1) is 0 Å². The van der Waals surface area contributed by atoms with Crippen LogP contribution in [-0.4, -0.2) is 13.6 Å². The Morgan fingerprint density at radius 3 is 2.11 bits per heavy atom. The summed E-state index contributed by atoms with van der Waals surface area (Å²) in [5.41, 5.74) is 0.689. The summed E-state index contributed by atoms with van der Waals surface area (Å²) >= 11 is 0. The predicted molar refractivity (Wildman–Crippen MR) is 40.4 cm³/mol. The van der Waals surface area contributed by atoms with E-state index in [1.807, 2.05) is 7.05 Å². The van der Waals surface area contributed by atoms with Crippen molar-refractivity contribution in [1.82, 2.24) is 5.32 Å². The van der Waals surface area contributed by atoms with Gasteiger partial charge in [0.05, 0.1) is 0 Å². The van der Waals surface area contributed by atoms with Crippen molar-refractivity contribution in [3.63, 3.8) is 0 Å². The maximum Gasteiger partial charge on any atom is 0.000726 e. The molecule has 0 atom stereocenters. The van der Waals surface area contributed by atoms with E-state index in [9.17, 15) is 0 Å². The predicted octanol–water partition coefficient (Wildman–Crippen LogP) is 1.64. The van der Waals surface area contributed by atoms with Crippen molar-refractivity contribution >= 4 is 0 Å². The average Bonchev–Trinajstić information content (AvgIpc) is 2.49. The smallest absolute Gasteiger partial charge is 0.000726 e. The van der Waals surface area contributed by atoms with Crippen LogP contribution in [0.15, 0.2) is 0 Å². The van der Waals surface area contributed by atoms with Crippen LogP contribution in [0.1, 0.15) is 26.7 Å². The highest BCUT2D eigenvalue weighted by Crippen LogP contribution is 2.51. The second-order valence-electron chi connectivity index (χ2n) is 3.55. The Kier molecular flexibility index (Phi) is 1.80. The van der Waals surface area contributed by atoms with Crippen molar-refractivity contribution in [3.8, 4) is 0 Å². The molecular weight excluding hydrogens is 110 g/mol. The highest BCUT2D eigenvalue weighted by atomic mass is 14.8. The van der Waals surface area contributed by atoms with Crippen molar-refractivity contribution in [3.05, 3.63) is 0 Å². The van der Waals surface area contributed by atoms with Crippen molar-refractivity contribution in [1.29, 1.82) is 0 Å². The molecule has 0 aromatic carbocycles. The summed E-state index contributed by atoms with van der Waals surface area (Å²) in [6.07, 6.45) is 2.87. The van der Waals surface area contributed by atoms with Crippen LogP contribution in [0, 0.1) is 11.3 Å². The minimum absolute atomic E-state index is 0.689. The van der Waals surface area contributed by atoms with E-state index in [1.165, 1.54) is 19.4 Å². The van der Waals surface area contributed by atoms with E-state index in [0.717, 1.165) is 5.92 Å². The molecule has 9 heavy (non-hydrogen) atoms. The Morgan fingerprint density at radius 2 is 2.00 bits per heavy atom. The van der Waals surface area contributed by atoms with Gasteiger partial charge in [0.2, 0.25) is 0 Å². The minimum atomic E-state index is 0.689. The summed E-state index contributed by atoms with van der Waals surface area (Å²) in [6, 6.07) is 0. The van der Waals surface area contributed by atoms with Crippen molar-refractivity contribution < 1.29 is 0 Å². The lowest BCUT2D eigenvalue weighted by Gasteiger charge is -2.18. The maximum absolute atomic E-state index is 3.25. The average molecular weight is 127 g/mol. The van der Waals surface area contributed by atoms with Crippen LogP contribution in [0.5, 0.6) is 0 Å². The molecule has 1 nitrogen and oxygen atoms in total. The third-order valence-corrected chi connectivity index (χ3v) is 2.65. The highest BCUT2D eigenvalue weighted by Gasteiger charge is 2.44. The molecule has 0 spiro atoms. The molecule has 1 saturated carbocycles. The fraction of sp³-hybridized carbons (Fsp3) is 1.00. The van der Waals surface area contributed by atoms with Gasteiger partial charge in [-0.2, -0.15) is 0 Å². The van der Waals surface area contributed by atoms with Crippen molar-refractivity contribution in [2.24, 2.45) is 11.3 Å². The van der Waals surface area contributed by atoms with Crippen LogP contribution in [0.3, 0.4) is 0 Å². The number of nitrogens with one attached hydrogen (secondary N) is 1. The summed E-state index contributed by atoms with van der Waals surface area (Å²) in [4.78, 5) is 0. The van der Waals surface area contributed by atoms with E-state index in [-0.39, 0.29) is 0 Å². The monoisotopic (exact) mass is 127 g/mol. The first-order valence-electron chi connectivity index (χ1n) is 3.86. The van der Waals surface area contributed by atoms with Gasteiger partial charge in [-0.05, 0) is 31.2 Å². The van der Waals surface area contributed by atoms with Crippen LogP contribution >= 0.6 is 0 Å². The highest BCUT2D eigenvalue weighted by molar-refractivity contribution is 4.96. The summed E-state index contributed by atoms with van der Waals surface area (Å²) in [5.74, 6) is 0.866. The van der Waals surface area contributed by atoms with Gasteiger partial charge in [-0.1, -0.05) is 13.8 Å². The van der Waals surface area contributed by atoms with Crippen LogP contribution in [0.2, 0.25) is 0 Å². The van der Waals surface area contributed by atoms with Crippen LogP contribution in [0.25, 0.3) is 0 Å². The summed E-state index contributed by atoms with van der Waals surface area (Å²) in [6.45, 7) is 5.86. The zero-order chi connectivity index (χ0) is 6.91. The SMILES string of the molecule is CNCC1(C(C)C)CC1. The molecule has 0 aromatic rings. The van der Waals surface area contributed by atoms with E-state index in [4.69, 9.17) is 0 Å². The molecule has 0 bridgehead atoms. The fourth-order valence-corrected chi connectivity index (χ4v) is 1.47. The second kappa shape index (κ2) is 2.30. The second-order valence-corrected chi connectivity index (χ2v) is 3.55. The molecule has 54 valence electrons. The van der Waals surface area contributed by atoms with E-state index in [1.54, 1.807) is 0 Å². The molecule has 0 aromatic heterocycles. The summed E-state index contributed by atoms with van der Waals surface area (Å²) in [5, 5.41) is 3.25. The number of hydrogen-bond acceptors (Lipinski definition) is 1. The number of hydrogen-bond donors (Lipinski definition) is 1. The maximum atomic E-state index is 3.25. The van der Waals surface area contributed by atoms with Gasteiger partial charge in [0.1, 0.15) is 0 Å². The van der Waals surface area contributed by atoms with E-state index < -0.39 is 0 Å². The lowest BCUT2D eigenvalue weighted by Crippen LogP contribution is -2.24. The Hall–Kier alpha value is -0.0400. The molecule has 1 fully saturated rings. The van der Waals surface area contributed by atoms with Gasteiger partial charge in [-0.3, -0.25) is 0 Å². The molecule has 0 radical (unpaired) electrons. The topological polar surface area (TPSA) is 12.0 Å². The normalized spacial score (nSPS) is 22.7. The van der Waals surface area contributed by atoms with Gasteiger partial charge in [0.25, 0.3) is 0 Å². The molecule has 0 heterocycles. The van der Waals surface area contributed by atoms with Crippen molar-refractivity contribution in [2.45, 2.75) is 26.7 Å². The zero-order valence-electron chi connectivity index (χ0n) is 6.70. The van der Waals surface area contributed by atoms with Crippen molar-refractivity contribution in [2.75, 3.05) is 13.6 Å². The fourth-order valence-electron chi connectivity index (χ4n) is 1.47. The molecular formula is C8H17N. The quantitative estimate of drug-likeness (QED) is 0.607. The molecule has 1 N–H and O–H groups in total. The van der Waals surface area contributed by atoms with Crippen LogP contribution < -0.4 is 5.32 Å². The van der Waals surface area contributed by atoms with E-state index >= 15 is 0 Å². The first kappa shape index (κ1) is 7.07. The van der Waals surface area contributed by atoms with Gasteiger partial charge in [-0.25, -0.2) is 0 Å². The Morgan fingerprint density at radius 1 is 1.44 bits per heavy atom. The van der Waals surface area contributed by atoms with Crippen LogP contribution in [0.4, 0.5) is 0 Å². The van der Waals surface area contributed by atoms with Gasteiger partial charge in [0.15, 0.2) is 0 Å². The van der Waals surface area contributed by atoms with Crippen LogP contribution in [-0.2, 0) is 0 Å². The molecule has 1 aliphatic carbocycles. The lowest BCUT2D eigenvalue weighted by molar-refractivity contribution is 0.348. The third kappa shape index (κ3) is 1.26. The Balaban J connectivity index is 2.33. The lowest BCUT2D eigenvalue weighted by atomic mass is 9.93. The summed E-state index contributed by atoms with van der Waals surface area (Å²) in [7, 11) is 2.04. The molecule has 1 rings (SSSR count). The molecule has 0 unspecified atom stereocenters. The first-order chi connectivity index (χ1) is 4.21. The third-order valence-electron chi connectivity index (χ3n) is 2.65. The summed E-state index contributed by atoms with van der Waals surface area (Å²) < 4.78 is 0. The molecule has 1 aliphatic rings. The largest absolute Gasteiger partial charge is 0.319 e. The number of rotatable bonds is 3.